The van der Waals surface area contributed by atoms with Crippen molar-refractivity contribution >= 4 is 72.0 Å². The monoisotopic (exact) mass is 732 g/mol. The minimum absolute atomic E-state index is 0.0359. The third kappa shape index (κ3) is 5.29. The van der Waals surface area contributed by atoms with Gasteiger partial charge in [0.25, 0.3) is 5.56 Å². The van der Waals surface area contributed by atoms with Crippen molar-refractivity contribution in [1.82, 2.24) is 43.4 Å². The molecule has 8 rings (SSSR count). The van der Waals surface area contributed by atoms with E-state index in [1.54, 1.807) is 0 Å². The minimum atomic E-state index is -4.42. The van der Waals surface area contributed by atoms with Gasteiger partial charge in [-0.15, -0.1) is 0 Å². The van der Waals surface area contributed by atoms with Crippen molar-refractivity contribution in [3.63, 3.8) is 0 Å². The highest BCUT2D eigenvalue weighted by Crippen LogP contribution is 2.60. The van der Waals surface area contributed by atoms with Crippen molar-refractivity contribution in [2.75, 3.05) is 18.9 Å². The highest BCUT2D eigenvalue weighted by atomic mass is 32.7. The van der Waals surface area contributed by atoms with Crippen LogP contribution >= 0.6 is 38.1 Å². The summed E-state index contributed by atoms with van der Waals surface area (Å²) in [6.07, 6.45) is -5.59. The summed E-state index contributed by atoms with van der Waals surface area (Å²) in [7, 11) is 0. The van der Waals surface area contributed by atoms with Gasteiger partial charge < -0.3 is 25.3 Å². The molecule has 5 aromatic rings. The van der Waals surface area contributed by atoms with Crippen molar-refractivity contribution in [2.45, 2.75) is 49.1 Å². The van der Waals surface area contributed by atoms with E-state index in [0.717, 1.165) is 6.33 Å². The lowest BCUT2D eigenvalue weighted by Crippen LogP contribution is -2.35. The molecule has 0 saturated carbocycles. The molecule has 20 nitrogen and oxygen atoms in total. The fourth-order valence-electron chi connectivity index (χ4n) is 5.72. The first kappa shape index (κ1) is 31.3. The van der Waals surface area contributed by atoms with E-state index >= 15 is 4.39 Å². The van der Waals surface area contributed by atoms with Crippen molar-refractivity contribution in [2.24, 2.45) is 0 Å². The van der Waals surface area contributed by atoms with Gasteiger partial charge in [-0.3, -0.25) is 36.4 Å². The summed E-state index contributed by atoms with van der Waals surface area (Å²) in [5, 5.41) is 11.2. The van der Waals surface area contributed by atoms with Gasteiger partial charge in [0.15, 0.2) is 41.3 Å². The first-order valence-electron chi connectivity index (χ1n) is 13.7. The summed E-state index contributed by atoms with van der Waals surface area (Å²) >= 11 is 8.10. The molecule has 25 heteroatoms. The van der Waals surface area contributed by atoms with Gasteiger partial charge in [0.2, 0.25) is 5.78 Å². The van der Waals surface area contributed by atoms with Crippen LogP contribution in [-0.4, -0.2) is 98.5 Å². The van der Waals surface area contributed by atoms with Gasteiger partial charge in [0.05, 0.1) is 25.9 Å². The van der Waals surface area contributed by atoms with Crippen molar-refractivity contribution in [3.8, 4) is 0 Å². The molecule has 47 heavy (non-hydrogen) atoms. The van der Waals surface area contributed by atoms with Gasteiger partial charge in [-0.25, -0.2) is 33.5 Å². The number of nitrogens with zero attached hydrogens (tertiary/aromatic N) is 8. The average molecular weight is 733 g/mol. The predicted octanol–water partition coefficient (Wildman–Crippen LogP) is 1.18. The number of anilines is 1. The number of nitrogen functional groups attached to an aromatic ring is 1. The smallest absolute Gasteiger partial charge is 0.386 e. The molecule has 250 valence electrons. The summed E-state index contributed by atoms with van der Waals surface area (Å²) in [5.74, 6) is 0.237. The molecule has 10 atom stereocenters. The Bertz CT molecular complexity index is 2180. The van der Waals surface area contributed by atoms with Crippen LogP contribution < -0.4 is 11.3 Å². The van der Waals surface area contributed by atoms with Crippen LogP contribution in [0.25, 0.3) is 28.1 Å². The molecule has 4 N–H and O–H groups in total. The number of thiol groups is 2. The van der Waals surface area contributed by atoms with Crippen LogP contribution in [0.4, 0.5) is 10.2 Å². The standard InChI is InChI=1S/C22H23FN10O10P2S2/c23-10-14-9(41-20(10)32-6-28-11-16(24)26-5-27-17(11)32)4-39-45(37,47)43-15-13(34)8(3-38-44(36,46)42-14)40-21(15)33-7-29-12-18(33)30-22-25-1-2-31(22)19(12)35/h1-2,5-10,13-15,20-21,34H,3-4H2,(H,25,30)(H,36,46)(H,37,47)(H2,24,26,27)/t8-,9-,10+,13-,14-,15?,20-,21-,44?,45?/m1/s1. The van der Waals surface area contributed by atoms with Crippen LogP contribution in [-0.2, 0) is 36.7 Å². The molecule has 8 heterocycles. The number of aromatic nitrogens is 9. The molecule has 0 amide bonds. The molecule has 0 aliphatic carbocycles. The molecule has 3 saturated heterocycles. The van der Waals surface area contributed by atoms with Gasteiger partial charge in [-0.2, -0.15) is 4.98 Å². The summed E-state index contributed by atoms with van der Waals surface area (Å²) in [4.78, 5) is 36.4. The van der Waals surface area contributed by atoms with E-state index in [1.807, 2.05) is 0 Å². The van der Waals surface area contributed by atoms with E-state index in [4.69, 9.17) is 33.3 Å². The molecule has 2 bridgehead atoms. The maximum atomic E-state index is 16.0. The van der Waals surface area contributed by atoms with Gasteiger partial charge in [-0.05, 0) is 0 Å². The molecular formula is C22H23FN10O10P2S2. The van der Waals surface area contributed by atoms with Crippen LogP contribution in [0.15, 0.2) is 36.2 Å². The van der Waals surface area contributed by atoms with Crippen LogP contribution in [0.5, 0.6) is 0 Å². The Balaban J connectivity index is 1.12. The molecule has 3 unspecified atom stereocenters. The van der Waals surface area contributed by atoms with Gasteiger partial charge in [0, 0.05) is 12.4 Å². The number of imidazole rings is 3. The van der Waals surface area contributed by atoms with Crippen LogP contribution in [0.3, 0.4) is 0 Å². The number of aliphatic hydroxyl groups excluding tert-OH is 1. The Morgan fingerprint density at radius 1 is 0.936 bits per heavy atom. The van der Waals surface area contributed by atoms with Crippen LogP contribution in [0.2, 0.25) is 0 Å². The maximum absolute atomic E-state index is 16.0. The molecule has 0 spiro atoms. The number of aromatic amines is 1. The zero-order valence-corrected chi connectivity index (χ0v) is 26.9. The van der Waals surface area contributed by atoms with E-state index in [1.165, 1.54) is 38.6 Å². The second-order valence-electron chi connectivity index (χ2n) is 10.7. The first-order valence-corrected chi connectivity index (χ1v) is 19.1. The Morgan fingerprint density at radius 3 is 2.36 bits per heavy atom. The number of nitrogens with one attached hydrogen (secondary N) is 1. The number of halogens is 1. The van der Waals surface area contributed by atoms with Crippen LogP contribution in [0.1, 0.15) is 12.5 Å². The van der Waals surface area contributed by atoms with E-state index in [9.17, 15) is 19.0 Å². The molecule has 3 aliphatic heterocycles. The number of hydrogen-bond acceptors (Lipinski definition) is 16. The van der Waals surface area contributed by atoms with Crippen LogP contribution in [0, 0.1) is 0 Å². The van der Waals surface area contributed by atoms with E-state index in [2.05, 4.69) is 54.4 Å². The average Bonchev–Trinajstić information content (AvgIpc) is 3.85. The Hall–Kier alpha value is -2.95. The van der Waals surface area contributed by atoms with Gasteiger partial charge >= 0.3 is 13.6 Å². The van der Waals surface area contributed by atoms with Gasteiger partial charge in [-0.1, -0.05) is 24.5 Å². The summed E-state index contributed by atoms with van der Waals surface area (Å²) < 4.78 is 80.9. The summed E-state index contributed by atoms with van der Waals surface area (Å²) in [5.41, 5.74) is 5.70. The Labute approximate surface area is 271 Å². The van der Waals surface area contributed by atoms with Crippen molar-refractivity contribution in [3.05, 3.63) is 41.7 Å². The second kappa shape index (κ2) is 11.3. The topological polar surface area (TPSA) is 247 Å². The summed E-state index contributed by atoms with van der Waals surface area (Å²) in [6, 6.07) is 0. The fraction of sp³-hybridized carbons (Fsp3) is 0.455. The highest BCUT2D eigenvalue weighted by Gasteiger charge is 2.54. The number of ether oxygens (including phenoxy) is 2. The lowest BCUT2D eigenvalue weighted by molar-refractivity contribution is -0.0568. The number of aliphatic hydroxyl groups is 1. The number of H-pyrrole nitrogens is 1. The normalized spacial score (nSPS) is 36.8. The minimum Gasteiger partial charge on any atom is -0.387 e. The quantitative estimate of drug-likeness (QED) is 0.126. The Morgan fingerprint density at radius 2 is 1.60 bits per heavy atom. The molecule has 5 aromatic heterocycles. The van der Waals surface area contributed by atoms with E-state index in [0.29, 0.717) is 0 Å². The number of hydrogen-bond donors (Lipinski definition) is 5. The zero-order chi connectivity index (χ0) is 32.8. The Kier molecular flexibility index (Phi) is 7.54. The first-order chi connectivity index (χ1) is 22.4. The largest absolute Gasteiger partial charge is 0.387 e. The highest BCUT2D eigenvalue weighted by molar-refractivity contribution is 8.44. The zero-order valence-electron chi connectivity index (χ0n) is 23.4. The predicted molar refractivity (Wildman–Crippen MR) is 162 cm³/mol. The number of alkyl halides is 1. The fourth-order valence-corrected chi connectivity index (χ4v) is 8.67. The van der Waals surface area contributed by atoms with Crippen molar-refractivity contribution < 1.29 is 46.2 Å². The third-order valence-electron chi connectivity index (χ3n) is 7.89. The number of nitrogens with two attached hydrogens (primary N) is 1. The van der Waals surface area contributed by atoms with E-state index < -0.39 is 81.5 Å². The molecule has 3 fully saturated rings. The van der Waals surface area contributed by atoms with Gasteiger partial charge in [0.1, 0.15) is 42.4 Å². The molecular weight excluding hydrogens is 709 g/mol. The molecule has 0 aromatic carbocycles. The molecule has 3 aliphatic rings. The molecule has 0 radical (unpaired) electrons. The number of rotatable bonds is 2. The second-order valence-corrected chi connectivity index (χ2v) is 16.5. The summed E-state index contributed by atoms with van der Waals surface area (Å²) in [6.45, 7) is -10.1. The lowest BCUT2D eigenvalue weighted by atomic mass is 10.1. The van der Waals surface area contributed by atoms with E-state index in [-0.39, 0.29) is 33.9 Å². The maximum Gasteiger partial charge on any atom is 0.386 e. The SMILES string of the molecule is Nc1ncnc2c1ncn2[C@@H]1O[C@@H]2COP(=O)(S)OC3[C@H](n4cnc5c(=O)n6cc[nH]c6nc54)O[C@H](COP(=O)(S)O[C@H]2[C@@H]1F)[C@H]3O. The third-order valence-corrected chi connectivity index (χ3v) is 11.1. The lowest BCUT2D eigenvalue weighted by Gasteiger charge is -2.26. The van der Waals surface area contributed by atoms with Crippen molar-refractivity contribution in [1.29, 1.82) is 0 Å². The number of fused-ring (bicyclic) bond motifs is 6.